The third-order valence-corrected chi connectivity index (χ3v) is 12.1. The van der Waals surface area contributed by atoms with E-state index in [4.69, 9.17) is 0 Å². The molecule has 0 fully saturated rings. The van der Waals surface area contributed by atoms with Crippen LogP contribution in [0.1, 0.15) is 0 Å². The molecule has 4 aromatic carbocycles. The smallest absolute Gasteiger partial charge is 0.168 e. The van der Waals surface area contributed by atoms with Gasteiger partial charge >= 0.3 is 21.7 Å². The molecule has 0 aliphatic rings. The Labute approximate surface area is 194 Å². The summed E-state index contributed by atoms with van der Waals surface area (Å²) in [5, 5.41) is 5.32. The van der Waals surface area contributed by atoms with Crippen molar-refractivity contribution in [2.24, 2.45) is 0 Å². The molecule has 0 unspecified atom stereocenters. The predicted octanol–water partition coefficient (Wildman–Crippen LogP) is 7.53. The van der Waals surface area contributed by atoms with Crippen molar-refractivity contribution in [1.82, 2.24) is 0 Å². The van der Waals surface area contributed by atoms with E-state index in [1.807, 2.05) is 0 Å². The van der Waals surface area contributed by atoms with E-state index in [1.165, 1.54) is 21.5 Å². The Morgan fingerprint density at radius 1 is 0.556 bits per heavy atom. The van der Waals surface area contributed by atoms with Crippen LogP contribution in [0, 0.1) is 0 Å². The van der Waals surface area contributed by atoms with Crippen molar-refractivity contribution < 1.29 is 21.7 Å². The molecule has 0 nitrogen and oxygen atoms in total. The van der Waals surface area contributed by atoms with Gasteiger partial charge in [0, 0.05) is 16.6 Å². The molecule has 0 N–H and O–H groups in total. The second-order valence-corrected chi connectivity index (χ2v) is 16.3. The first-order chi connectivity index (χ1) is 11.6. The monoisotopic (exact) mass is 466 g/mol. The maximum Gasteiger partial charge on any atom is 2.00 e. The van der Waals surface area contributed by atoms with Crippen LogP contribution in [0.5, 0.6) is 0 Å². The Morgan fingerprint density at radius 3 is 1.19 bits per heavy atom. The van der Waals surface area contributed by atoms with Gasteiger partial charge in [-0.2, -0.15) is 35.0 Å². The van der Waals surface area contributed by atoms with Gasteiger partial charge in [-0.15, -0.1) is 84.1 Å². The zero-order chi connectivity index (χ0) is 17.4. The first-order valence-corrected chi connectivity index (χ1v) is 14.4. The fourth-order valence-electron chi connectivity index (χ4n) is 2.14. The topological polar surface area (TPSA) is 0 Å². The van der Waals surface area contributed by atoms with Crippen LogP contribution in [0.4, 0.5) is 0 Å². The molecule has 0 saturated carbocycles. The molecule has 142 valence electrons. The average Bonchev–Trinajstić information content (AvgIpc) is 3.24. The molecule has 0 heterocycles. The van der Waals surface area contributed by atoms with E-state index in [0.717, 1.165) is 0 Å². The van der Waals surface area contributed by atoms with Crippen LogP contribution in [0.2, 0.25) is 26.2 Å². The molecule has 4 aromatic rings. The fourth-order valence-corrected chi connectivity index (χ4v) is 2.14. The minimum Gasteiger partial charge on any atom is -0.168 e. The second kappa shape index (κ2) is 15.3. The Hall–Kier alpha value is -0.612. The molecule has 0 aromatic heterocycles. The number of hydrogen-bond donors (Lipinski definition) is 0. The third kappa shape index (κ3) is 9.93. The van der Waals surface area contributed by atoms with Crippen molar-refractivity contribution in [3.05, 3.63) is 84.9 Å². The summed E-state index contributed by atoms with van der Waals surface area (Å²) in [4.78, 5) is 0. The molecule has 0 saturated heterocycles. The summed E-state index contributed by atoms with van der Waals surface area (Å²) in [7, 11) is 0.300. The van der Waals surface area contributed by atoms with Crippen molar-refractivity contribution >= 4 is 63.0 Å². The largest absolute Gasteiger partial charge is 2.00 e. The van der Waals surface area contributed by atoms with Crippen molar-refractivity contribution in [3.63, 3.8) is 0 Å². The number of fused-ring (bicyclic) bond motifs is 2. The van der Waals surface area contributed by atoms with Gasteiger partial charge < -0.3 is 0 Å². The Morgan fingerprint density at radius 2 is 0.889 bits per heavy atom. The maximum absolute atomic E-state index is 2.39. The van der Waals surface area contributed by atoms with E-state index in [9.17, 15) is 0 Å². The quantitative estimate of drug-likeness (QED) is 0.201. The molecule has 2 radical (unpaired) electrons. The van der Waals surface area contributed by atoms with Gasteiger partial charge in [0.25, 0.3) is 0 Å². The zero-order valence-corrected chi connectivity index (χ0v) is 21.6. The second-order valence-electron chi connectivity index (χ2n) is 6.31. The van der Waals surface area contributed by atoms with Gasteiger partial charge in [-0.3, -0.25) is 0 Å². The fraction of sp³-hybridized carbons (Fsp3) is 0.182. The third-order valence-electron chi connectivity index (χ3n) is 4.10. The molecule has 0 aliphatic heterocycles. The first-order valence-electron chi connectivity index (χ1n) is 8.39. The molecule has 5 heteroatoms. The van der Waals surface area contributed by atoms with Gasteiger partial charge in [0.05, 0.1) is 0 Å². The minimum atomic E-state index is 0. The summed E-state index contributed by atoms with van der Waals surface area (Å²) in [5.41, 5.74) is 0. The molecular weight excluding hydrogens is 439 g/mol. The summed E-state index contributed by atoms with van der Waals surface area (Å²) in [5.74, 6) is 0. The van der Waals surface area contributed by atoms with Gasteiger partial charge in [-0.25, -0.2) is 0 Å². The van der Waals surface area contributed by atoms with Crippen molar-refractivity contribution in [2.45, 2.75) is 26.2 Å². The molecule has 0 bridgehead atoms. The summed E-state index contributed by atoms with van der Waals surface area (Å²) in [6.45, 7) is 9.55. The first kappa shape index (κ1) is 28.6. The molecule has 27 heavy (non-hydrogen) atoms. The SMILES string of the molecule is C[Si](C)[Si](C)C.Cl.Cl.[Ti+2].c1ccc2[cH-]ccc2c1.c1ccc2[cH-]ccc2c1. The molecular formula is C22H28Cl2Si2Ti. The van der Waals surface area contributed by atoms with Gasteiger partial charge in [0.15, 0.2) is 0 Å². The van der Waals surface area contributed by atoms with Crippen molar-refractivity contribution in [1.29, 1.82) is 0 Å². The Bertz CT molecular complexity index is 721. The van der Waals surface area contributed by atoms with E-state index in [2.05, 4.69) is 111 Å². The molecule has 0 atom stereocenters. The van der Waals surface area contributed by atoms with Crippen molar-refractivity contribution in [2.75, 3.05) is 0 Å². The molecule has 0 spiro atoms. The number of halogens is 2. The van der Waals surface area contributed by atoms with Crippen LogP contribution >= 0.6 is 24.8 Å². The molecule has 0 amide bonds. The predicted molar refractivity (Wildman–Crippen MR) is 129 cm³/mol. The van der Waals surface area contributed by atoms with Crippen LogP contribution in [-0.4, -0.2) is 16.6 Å². The average molecular weight is 467 g/mol. The maximum atomic E-state index is 2.39. The normalized spacial score (nSPS) is 9.26. The van der Waals surface area contributed by atoms with Gasteiger partial charge in [-0.1, -0.05) is 38.3 Å². The summed E-state index contributed by atoms with van der Waals surface area (Å²) in [6.07, 6.45) is 0. The standard InChI is InChI=1S/2C9H7.C4H12Si2.2ClH.Ti/c2*1-2-5-9-7-3-6-8(9)4-1;1-5(2)6(3)4;;;/h2*1-7H;1-4H3;2*1H;/q2*-1;;;;+2. The minimum absolute atomic E-state index is 0. The van der Waals surface area contributed by atoms with Gasteiger partial charge in [-0.05, 0) is 0 Å². The summed E-state index contributed by atoms with van der Waals surface area (Å²) in [6, 6.07) is 29.3. The van der Waals surface area contributed by atoms with Crippen LogP contribution < -0.4 is 0 Å². The Kier molecular flexibility index (Phi) is 16.2. The van der Waals surface area contributed by atoms with Gasteiger partial charge in [0.1, 0.15) is 0 Å². The van der Waals surface area contributed by atoms with E-state index in [-0.39, 0.29) is 63.2 Å². The Balaban J connectivity index is 0. The zero-order valence-electron chi connectivity index (χ0n) is 16.4. The van der Waals surface area contributed by atoms with E-state index in [1.54, 1.807) is 0 Å². The summed E-state index contributed by atoms with van der Waals surface area (Å²) < 4.78 is 0. The number of rotatable bonds is 1. The van der Waals surface area contributed by atoms with Crippen LogP contribution in [0.15, 0.2) is 84.9 Å². The number of hydrogen-bond acceptors (Lipinski definition) is 0. The van der Waals surface area contributed by atoms with E-state index < -0.39 is 0 Å². The van der Waals surface area contributed by atoms with Crippen LogP contribution in [0.25, 0.3) is 21.5 Å². The van der Waals surface area contributed by atoms with Gasteiger partial charge in [0.2, 0.25) is 0 Å². The van der Waals surface area contributed by atoms with Crippen LogP contribution in [-0.2, 0) is 21.7 Å². The number of benzene rings is 2. The molecule has 4 rings (SSSR count). The summed E-state index contributed by atoms with van der Waals surface area (Å²) >= 11 is 0. The molecule has 0 aliphatic carbocycles. The van der Waals surface area contributed by atoms with E-state index >= 15 is 0 Å². The van der Waals surface area contributed by atoms with Crippen LogP contribution in [0.3, 0.4) is 0 Å². The van der Waals surface area contributed by atoms with E-state index in [0.29, 0.717) is 0 Å². The van der Waals surface area contributed by atoms with Crippen molar-refractivity contribution in [3.8, 4) is 0 Å².